The molecule has 0 unspecified atom stereocenters. The number of amides is 1. The number of carbonyl (C=O) groups is 1. The topological polar surface area (TPSA) is 43.1 Å². The van der Waals surface area contributed by atoms with Crippen molar-refractivity contribution in [3.63, 3.8) is 0 Å². The third-order valence-electron chi connectivity index (χ3n) is 2.61. The van der Waals surface area contributed by atoms with Crippen molar-refractivity contribution in [2.24, 2.45) is 11.7 Å². The van der Waals surface area contributed by atoms with Gasteiger partial charge in [0.05, 0.1) is 0 Å². The Labute approximate surface area is 93.9 Å². The van der Waals surface area contributed by atoms with Crippen LogP contribution in [-0.2, 0) is 4.79 Å². The van der Waals surface area contributed by atoms with Crippen LogP contribution in [0, 0.1) is 5.92 Å². The van der Waals surface area contributed by atoms with E-state index < -0.39 is 0 Å². The van der Waals surface area contributed by atoms with Crippen molar-refractivity contribution < 1.29 is 4.79 Å². The largest absolute Gasteiger partial charge is 0.366 e. The second kappa shape index (κ2) is 8.51. The molecule has 0 aliphatic carbocycles. The Balaban J connectivity index is 3.18. The van der Waals surface area contributed by atoms with Gasteiger partial charge in [-0.3, -0.25) is 4.79 Å². The second-order valence-corrected chi connectivity index (χ2v) is 4.67. The Morgan fingerprint density at radius 1 is 1.13 bits per heavy atom. The third-order valence-corrected chi connectivity index (χ3v) is 2.61. The molecule has 0 saturated carbocycles. The van der Waals surface area contributed by atoms with E-state index in [2.05, 4.69) is 20.4 Å². The normalized spacial score (nSPS) is 10.6. The van der Waals surface area contributed by atoms with Crippen molar-refractivity contribution in [2.45, 2.75) is 58.8 Å². The maximum absolute atomic E-state index is 10.7. The van der Waals surface area contributed by atoms with Gasteiger partial charge in [-0.1, -0.05) is 52.5 Å². The molecular weight excluding hydrogens is 186 g/mol. The molecular formula is C13H25NO. The zero-order valence-electron chi connectivity index (χ0n) is 10.2. The molecule has 88 valence electrons. The molecule has 1 amide bonds. The lowest BCUT2D eigenvalue weighted by molar-refractivity contribution is -0.114. The highest BCUT2D eigenvalue weighted by molar-refractivity contribution is 5.91. The lowest BCUT2D eigenvalue weighted by Crippen LogP contribution is -2.12. The van der Waals surface area contributed by atoms with Gasteiger partial charge in [-0.2, -0.15) is 0 Å². The molecule has 2 heteroatoms. The minimum atomic E-state index is -0.352. The van der Waals surface area contributed by atoms with Crippen LogP contribution in [0.4, 0.5) is 0 Å². The molecule has 0 bridgehead atoms. The number of rotatable bonds is 9. The highest BCUT2D eigenvalue weighted by Gasteiger charge is 2.00. The average Bonchev–Trinajstić information content (AvgIpc) is 2.15. The predicted molar refractivity (Wildman–Crippen MR) is 65.5 cm³/mol. The molecule has 0 aromatic rings. The van der Waals surface area contributed by atoms with Crippen molar-refractivity contribution >= 4 is 5.91 Å². The zero-order valence-corrected chi connectivity index (χ0v) is 10.2. The molecule has 0 aliphatic heterocycles. The van der Waals surface area contributed by atoms with E-state index in [0.717, 1.165) is 18.8 Å². The summed E-state index contributed by atoms with van der Waals surface area (Å²) in [5, 5.41) is 0. The van der Waals surface area contributed by atoms with Gasteiger partial charge in [0.1, 0.15) is 0 Å². The third kappa shape index (κ3) is 9.51. The van der Waals surface area contributed by atoms with Gasteiger partial charge in [0.2, 0.25) is 5.91 Å². The Kier molecular flexibility index (Phi) is 8.06. The van der Waals surface area contributed by atoms with Crippen molar-refractivity contribution in [2.75, 3.05) is 0 Å². The summed E-state index contributed by atoms with van der Waals surface area (Å²) >= 11 is 0. The SMILES string of the molecule is C=C(CCCCCCCC(C)C)C(N)=O. The van der Waals surface area contributed by atoms with Gasteiger partial charge in [0, 0.05) is 5.57 Å². The monoisotopic (exact) mass is 211 g/mol. The van der Waals surface area contributed by atoms with Crippen LogP contribution >= 0.6 is 0 Å². The van der Waals surface area contributed by atoms with Gasteiger partial charge in [-0.15, -0.1) is 0 Å². The summed E-state index contributed by atoms with van der Waals surface area (Å²) in [4.78, 5) is 10.7. The standard InChI is InChI=1S/C13H25NO/c1-11(2)9-7-5-4-6-8-10-12(3)13(14)15/h11H,3-10H2,1-2H3,(H2,14,15). The minimum Gasteiger partial charge on any atom is -0.366 e. The summed E-state index contributed by atoms with van der Waals surface area (Å²) < 4.78 is 0. The average molecular weight is 211 g/mol. The number of primary amides is 1. The van der Waals surface area contributed by atoms with Gasteiger partial charge in [0.15, 0.2) is 0 Å². The van der Waals surface area contributed by atoms with Gasteiger partial charge in [0.25, 0.3) is 0 Å². The first-order valence-electron chi connectivity index (χ1n) is 6.01. The van der Waals surface area contributed by atoms with E-state index in [-0.39, 0.29) is 5.91 Å². The minimum absolute atomic E-state index is 0.352. The number of carbonyl (C=O) groups excluding carboxylic acids is 1. The first kappa shape index (κ1) is 14.2. The van der Waals surface area contributed by atoms with Crippen LogP contribution in [0.5, 0.6) is 0 Å². The summed E-state index contributed by atoms with van der Waals surface area (Å²) in [5.74, 6) is 0.467. The molecule has 2 N–H and O–H groups in total. The molecule has 0 atom stereocenters. The molecule has 15 heavy (non-hydrogen) atoms. The summed E-state index contributed by atoms with van der Waals surface area (Å²) in [7, 11) is 0. The van der Waals surface area contributed by atoms with Crippen LogP contribution in [0.15, 0.2) is 12.2 Å². The van der Waals surface area contributed by atoms with E-state index in [1.54, 1.807) is 0 Å². The fraction of sp³-hybridized carbons (Fsp3) is 0.769. The number of hydrogen-bond acceptors (Lipinski definition) is 1. The highest BCUT2D eigenvalue weighted by Crippen LogP contribution is 2.12. The zero-order chi connectivity index (χ0) is 11.7. The maximum Gasteiger partial charge on any atom is 0.244 e. The van der Waals surface area contributed by atoms with Crippen molar-refractivity contribution in [1.29, 1.82) is 0 Å². The summed E-state index contributed by atoms with van der Waals surface area (Å²) in [6.45, 7) is 8.16. The van der Waals surface area contributed by atoms with Crippen LogP contribution in [0.3, 0.4) is 0 Å². The Morgan fingerprint density at radius 3 is 2.20 bits per heavy atom. The maximum atomic E-state index is 10.7. The number of nitrogens with two attached hydrogens (primary N) is 1. The molecule has 0 saturated heterocycles. The number of unbranched alkanes of at least 4 members (excludes halogenated alkanes) is 4. The van der Waals surface area contributed by atoms with E-state index >= 15 is 0 Å². The molecule has 0 spiro atoms. The summed E-state index contributed by atoms with van der Waals surface area (Å²) in [6.07, 6.45) is 8.22. The highest BCUT2D eigenvalue weighted by atomic mass is 16.1. The smallest absolute Gasteiger partial charge is 0.244 e. The van der Waals surface area contributed by atoms with Crippen LogP contribution in [-0.4, -0.2) is 5.91 Å². The van der Waals surface area contributed by atoms with Crippen LogP contribution in [0.2, 0.25) is 0 Å². The van der Waals surface area contributed by atoms with Crippen LogP contribution < -0.4 is 5.73 Å². The van der Waals surface area contributed by atoms with Crippen LogP contribution in [0.1, 0.15) is 58.8 Å². The second-order valence-electron chi connectivity index (χ2n) is 4.67. The van der Waals surface area contributed by atoms with Gasteiger partial charge >= 0.3 is 0 Å². The summed E-state index contributed by atoms with van der Waals surface area (Å²) in [6, 6.07) is 0. The first-order valence-corrected chi connectivity index (χ1v) is 6.01. The van der Waals surface area contributed by atoms with E-state index in [1.165, 1.54) is 32.1 Å². The molecule has 2 nitrogen and oxygen atoms in total. The van der Waals surface area contributed by atoms with E-state index in [1.807, 2.05) is 0 Å². The quantitative estimate of drug-likeness (QED) is 0.461. The van der Waals surface area contributed by atoms with E-state index in [4.69, 9.17) is 5.73 Å². The fourth-order valence-corrected chi connectivity index (χ4v) is 1.54. The van der Waals surface area contributed by atoms with E-state index in [9.17, 15) is 4.79 Å². The molecule has 0 heterocycles. The Hall–Kier alpha value is -0.790. The first-order chi connectivity index (χ1) is 7.04. The van der Waals surface area contributed by atoms with Crippen molar-refractivity contribution in [3.05, 3.63) is 12.2 Å². The Morgan fingerprint density at radius 2 is 1.67 bits per heavy atom. The van der Waals surface area contributed by atoms with Crippen molar-refractivity contribution in [1.82, 2.24) is 0 Å². The number of hydrogen-bond donors (Lipinski definition) is 1. The molecule has 0 aromatic heterocycles. The molecule has 0 rings (SSSR count). The molecule has 0 aliphatic rings. The fourth-order valence-electron chi connectivity index (χ4n) is 1.54. The van der Waals surface area contributed by atoms with Gasteiger partial charge in [-0.05, 0) is 18.8 Å². The van der Waals surface area contributed by atoms with Crippen LogP contribution in [0.25, 0.3) is 0 Å². The molecule has 0 fully saturated rings. The summed E-state index contributed by atoms with van der Waals surface area (Å²) in [5.41, 5.74) is 5.66. The van der Waals surface area contributed by atoms with Crippen molar-refractivity contribution in [3.8, 4) is 0 Å². The van der Waals surface area contributed by atoms with E-state index in [0.29, 0.717) is 5.57 Å². The lowest BCUT2D eigenvalue weighted by Gasteiger charge is -2.04. The molecule has 0 aromatic carbocycles. The predicted octanol–water partition coefficient (Wildman–Crippen LogP) is 3.41. The van der Waals surface area contributed by atoms with Gasteiger partial charge < -0.3 is 5.73 Å². The molecule has 0 radical (unpaired) electrons. The van der Waals surface area contributed by atoms with Gasteiger partial charge in [-0.25, -0.2) is 0 Å². The lowest BCUT2D eigenvalue weighted by atomic mass is 10.0. The Bertz CT molecular complexity index is 197.